The second-order valence-corrected chi connectivity index (χ2v) is 9.21. The highest BCUT2D eigenvalue weighted by Gasteiger charge is 2.20. The third-order valence-electron chi connectivity index (χ3n) is 4.54. The monoisotopic (exact) mass is 471 g/mol. The van der Waals surface area contributed by atoms with Crippen LogP contribution in [-0.4, -0.2) is 19.2 Å². The lowest BCUT2D eigenvalue weighted by Gasteiger charge is -2.17. The molecular weight excluding hydrogens is 453 g/mol. The van der Waals surface area contributed by atoms with Gasteiger partial charge in [0, 0.05) is 40.8 Å². The van der Waals surface area contributed by atoms with Crippen molar-refractivity contribution in [3.63, 3.8) is 0 Å². The van der Waals surface area contributed by atoms with E-state index in [1.807, 2.05) is 60.7 Å². The van der Waals surface area contributed by atoms with E-state index < -0.39 is 7.75 Å². The van der Waals surface area contributed by atoms with Gasteiger partial charge in [0.15, 0.2) is 0 Å². The zero-order valence-electron chi connectivity index (χ0n) is 15.8. The largest absolute Gasteiger partial charge is 0.432 e. The maximum absolute atomic E-state index is 12.2. The van der Waals surface area contributed by atoms with Crippen LogP contribution in [0.2, 0.25) is 0 Å². The average molecular weight is 472 g/mol. The Morgan fingerprint density at radius 3 is 2.24 bits per heavy atom. The molecule has 0 spiro atoms. The third kappa shape index (κ3) is 4.14. The number of anilines is 3. The van der Waals surface area contributed by atoms with Crippen LogP contribution in [0, 0.1) is 0 Å². The number of halogens is 1. The number of hydrogen-bond donors (Lipinski definition) is 2. The molecule has 148 valence electrons. The lowest BCUT2D eigenvalue weighted by molar-refractivity contribution is 0.281. The van der Waals surface area contributed by atoms with Crippen molar-refractivity contribution in [1.82, 2.24) is 4.98 Å². The summed E-state index contributed by atoms with van der Waals surface area (Å²) in [5.41, 5.74) is 4.33. The Morgan fingerprint density at radius 1 is 0.862 bits per heavy atom. The molecule has 0 aliphatic heterocycles. The zero-order chi connectivity index (χ0) is 20.4. The van der Waals surface area contributed by atoms with Gasteiger partial charge in [-0.1, -0.05) is 34.1 Å². The predicted molar refractivity (Wildman–Crippen MR) is 122 cm³/mol. The second-order valence-electron chi connectivity index (χ2n) is 6.34. The number of nitrogens with zero attached hydrogens (tertiary/aromatic N) is 1. The third-order valence-corrected chi connectivity index (χ3v) is 6.53. The quantitative estimate of drug-likeness (QED) is 0.240. The summed E-state index contributed by atoms with van der Waals surface area (Å²) >= 11 is 3.52. The lowest BCUT2D eigenvalue weighted by atomic mass is 10.1. The van der Waals surface area contributed by atoms with Crippen molar-refractivity contribution in [3.8, 4) is 0 Å². The highest BCUT2D eigenvalue weighted by molar-refractivity contribution is 9.10. The maximum Gasteiger partial charge on any atom is 0.432 e. The number of fused-ring (bicyclic) bond motifs is 2. The Hall–Kier alpha value is -2.44. The first-order valence-corrected chi connectivity index (χ1v) is 11.2. The van der Waals surface area contributed by atoms with E-state index in [-0.39, 0.29) is 0 Å². The molecule has 8 heteroatoms. The summed E-state index contributed by atoms with van der Waals surface area (Å²) in [6, 6.07) is 21.5. The second kappa shape index (κ2) is 8.13. The van der Waals surface area contributed by atoms with Crippen molar-refractivity contribution < 1.29 is 13.6 Å². The van der Waals surface area contributed by atoms with E-state index >= 15 is 0 Å². The van der Waals surface area contributed by atoms with Gasteiger partial charge in [-0.3, -0.25) is 14.1 Å². The summed E-state index contributed by atoms with van der Waals surface area (Å²) in [4.78, 5) is 4.78. The first-order valence-electron chi connectivity index (χ1n) is 8.86. The van der Waals surface area contributed by atoms with Crippen LogP contribution in [0.4, 0.5) is 17.1 Å². The summed E-state index contributed by atoms with van der Waals surface area (Å²) in [5, 5.41) is 8.35. The van der Waals surface area contributed by atoms with E-state index in [1.54, 1.807) is 0 Å². The van der Waals surface area contributed by atoms with Crippen LogP contribution in [0.25, 0.3) is 21.8 Å². The number of rotatable bonds is 6. The van der Waals surface area contributed by atoms with Gasteiger partial charge in [-0.05, 0) is 48.5 Å². The van der Waals surface area contributed by atoms with Crippen molar-refractivity contribution in [2.75, 3.05) is 24.6 Å². The number of pyridine rings is 1. The molecule has 0 saturated heterocycles. The van der Waals surface area contributed by atoms with Crippen LogP contribution >= 0.6 is 23.7 Å². The highest BCUT2D eigenvalue weighted by Crippen LogP contribution is 2.46. The molecule has 29 heavy (non-hydrogen) atoms. The Kier molecular flexibility index (Phi) is 5.56. The summed E-state index contributed by atoms with van der Waals surface area (Å²) in [6.45, 7) is 0. The number of para-hydroxylation sites is 1. The van der Waals surface area contributed by atoms with Gasteiger partial charge in [0.25, 0.3) is 0 Å². The van der Waals surface area contributed by atoms with E-state index in [0.29, 0.717) is 5.69 Å². The summed E-state index contributed by atoms with van der Waals surface area (Å²) < 4.78 is 23.1. The SMILES string of the molecule is COP(=O)(Nc1ccc(Nc2c3ccccc3nc3cc(Br)ccc23)cc1)OC. The Bertz CT molecular complexity index is 1220. The predicted octanol–water partition coefficient (Wildman–Crippen LogP) is 6.71. The van der Waals surface area contributed by atoms with Gasteiger partial charge in [-0.25, -0.2) is 9.55 Å². The van der Waals surface area contributed by atoms with Gasteiger partial charge in [0.05, 0.1) is 16.7 Å². The molecule has 0 radical (unpaired) electrons. The minimum Gasteiger partial charge on any atom is -0.354 e. The smallest absolute Gasteiger partial charge is 0.354 e. The molecule has 4 aromatic rings. The minimum absolute atomic E-state index is 0.635. The molecule has 1 aromatic heterocycles. The Labute approximate surface area is 177 Å². The molecular formula is C21H19BrN3O3P. The van der Waals surface area contributed by atoms with Crippen LogP contribution in [-0.2, 0) is 13.6 Å². The molecule has 0 fully saturated rings. The summed E-state index contributed by atoms with van der Waals surface area (Å²) in [6.07, 6.45) is 0. The van der Waals surface area contributed by atoms with Crippen LogP contribution in [0.3, 0.4) is 0 Å². The molecule has 4 rings (SSSR count). The fraction of sp³-hybridized carbons (Fsp3) is 0.0952. The maximum atomic E-state index is 12.2. The normalized spacial score (nSPS) is 11.7. The number of hydrogen-bond acceptors (Lipinski definition) is 5. The molecule has 0 aliphatic rings. The zero-order valence-corrected chi connectivity index (χ0v) is 18.3. The number of benzene rings is 3. The first-order chi connectivity index (χ1) is 14.0. The van der Waals surface area contributed by atoms with Gasteiger partial charge in [-0.15, -0.1) is 0 Å². The van der Waals surface area contributed by atoms with Crippen molar-refractivity contribution in [2.24, 2.45) is 0 Å². The molecule has 2 N–H and O–H groups in total. The molecule has 0 saturated carbocycles. The van der Waals surface area contributed by atoms with Crippen LogP contribution in [0.1, 0.15) is 0 Å². The number of aromatic nitrogens is 1. The van der Waals surface area contributed by atoms with E-state index in [2.05, 4.69) is 32.4 Å². The van der Waals surface area contributed by atoms with Crippen LogP contribution < -0.4 is 10.4 Å². The van der Waals surface area contributed by atoms with Crippen LogP contribution in [0.5, 0.6) is 0 Å². The molecule has 6 nitrogen and oxygen atoms in total. The van der Waals surface area contributed by atoms with Gasteiger partial charge in [0.2, 0.25) is 0 Å². The fourth-order valence-electron chi connectivity index (χ4n) is 3.10. The van der Waals surface area contributed by atoms with Crippen molar-refractivity contribution in [1.29, 1.82) is 0 Å². The highest BCUT2D eigenvalue weighted by atomic mass is 79.9. The number of nitrogens with one attached hydrogen (secondary N) is 2. The molecule has 0 atom stereocenters. The van der Waals surface area contributed by atoms with Gasteiger partial charge in [0.1, 0.15) is 0 Å². The fourth-order valence-corrected chi connectivity index (χ4v) is 4.24. The van der Waals surface area contributed by atoms with E-state index in [9.17, 15) is 4.57 Å². The summed E-state index contributed by atoms with van der Waals surface area (Å²) in [5.74, 6) is 0. The van der Waals surface area contributed by atoms with Crippen molar-refractivity contribution in [2.45, 2.75) is 0 Å². The molecule has 0 amide bonds. The molecule has 1 heterocycles. The molecule has 3 aromatic carbocycles. The average Bonchev–Trinajstić information content (AvgIpc) is 2.74. The molecule has 0 unspecified atom stereocenters. The Morgan fingerprint density at radius 2 is 1.52 bits per heavy atom. The molecule has 0 aliphatic carbocycles. The first kappa shape index (κ1) is 19.9. The minimum atomic E-state index is -3.34. The van der Waals surface area contributed by atoms with E-state index in [1.165, 1.54) is 14.2 Å². The van der Waals surface area contributed by atoms with Crippen LogP contribution in [0.15, 0.2) is 71.2 Å². The van der Waals surface area contributed by atoms with Crippen molar-refractivity contribution >= 4 is 62.5 Å². The van der Waals surface area contributed by atoms with E-state index in [4.69, 9.17) is 14.0 Å². The lowest BCUT2D eigenvalue weighted by Crippen LogP contribution is -2.01. The standard InChI is InChI=1S/C21H19BrN3O3P/c1-27-29(26,28-2)25-16-10-8-15(9-11-16)23-21-17-5-3-4-6-19(17)24-20-13-14(22)7-12-18(20)21/h3-13H,1-2H3,(H,23,24)(H,25,26). The Balaban J connectivity index is 1.72. The molecule has 0 bridgehead atoms. The topological polar surface area (TPSA) is 72.5 Å². The van der Waals surface area contributed by atoms with Gasteiger partial charge < -0.3 is 5.32 Å². The summed E-state index contributed by atoms with van der Waals surface area (Å²) in [7, 11) is -0.661. The van der Waals surface area contributed by atoms with Gasteiger partial charge >= 0.3 is 7.75 Å². The van der Waals surface area contributed by atoms with Crippen molar-refractivity contribution in [3.05, 3.63) is 71.2 Å². The van der Waals surface area contributed by atoms with E-state index in [0.717, 1.165) is 37.7 Å². The van der Waals surface area contributed by atoms with Gasteiger partial charge in [-0.2, -0.15) is 0 Å².